The van der Waals surface area contributed by atoms with Crippen molar-refractivity contribution < 1.29 is 115 Å². The maximum Gasteiger partial charge on any atom is 1.00 e. The van der Waals surface area contributed by atoms with Crippen LogP contribution in [0, 0.1) is 64.6 Å². The van der Waals surface area contributed by atoms with Gasteiger partial charge < -0.3 is 30.2 Å². The largest absolute Gasteiger partial charge is 1.00 e. The summed E-state index contributed by atoms with van der Waals surface area (Å²) >= 11 is 5.20. The molecule has 3 rings (SSSR count). The van der Waals surface area contributed by atoms with Crippen LogP contribution in [0.25, 0.3) is 0 Å². The molecule has 0 radical (unpaired) electrons. The van der Waals surface area contributed by atoms with Crippen LogP contribution in [0.4, 0.5) is 4.39 Å². The summed E-state index contributed by atoms with van der Waals surface area (Å²) in [4.78, 5) is 133. The fourth-order valence-electron chi connectivity index (χ4n) is 4.85. The third-order valence-electron chi connectivity index (χ3n) is 10.5. The van der Waals surface area contributed by atoms with Crippen molar-refractivity contribution >= 4 is 91.9 Å². The summed E-state index contributed by atoms with van der Waals surface area (Å²) in [7, 11) is -4.50. The summed E-state index contributed by atoms with van der Waals surface area (Å²) in [6.45, 7) is 30.6. The van der Waals surface area contributed by atoms with Crippen molar-refractivity contribution in [3.63, 3.8) is 0 Å². The van der Waals surface area contributed by atoms with Crippen molar-refractivity contribution in [2.45, 2.75) is 181 Å². The van der Waals surface area contributed by atoms with E-state index in [1.165, 1.54) is 34.1 Å². The van der Waals surface area contributed by atoms with Gasteiger partial charge in [0.05, 0.1) is 11.9 Å². The number of alkyl halides is 2. The van der Waals surface area contributed by atoms with E-state index in [1.807, 2.05) is 32.0 Å². The first-order chi connectivity index (χ1) is 38.1. The molecule has 1 aliphatic heterocycles. The Labute approximate surface area is 527 Å². The van der Waals surface area contributed by atoms with Crippen molar-refractivity contribution in [3.8, 4) is 6.07 Å². The summed E-state index contributed by atoms with van der Waals surface area (Å²) in [5, 5.41) is 24.0. The van der Waals surface area contributed by atoms with Gasteiger partial charge in [0.1, 0.15) is 40.9 Å². The molecule has 2 amide bonds. The Morgan fingerprint density at radius 2 is 1.12 bits per heavy atom. The zero-order valence-corrected chi connectivity index (χ0v) is 57.0. The molecule has 0 spiro atoms. The van der Waals surface area contributed by atoms with Crippen LogP contribution in [0.1, 0.15) is 175 Å². The van der Waals surface area contributed by atoms with Crippen molar-refractivity contribution in [1.29, 1.82) is 5.26 Å². The van der Waals surface area contributed by atoms with Crippen molar-refractivity contribution in [1.82, 2.24) is 9.88 Å². The first-order valence-electron chi connectivity index (χ1n) is 27.5. The molecule has 2 fully saturated rings. The predicted molar refractivity (Wildman–Crippen MR) is 316 cm³/mol. The molecule has 1 atom stereocenters. The number of Topliss-reactive ketones (excluding diaryl/α,β-unsaturated/α-hetero) is 9. The van der Waals surface area contributed by atoms with E-state index >= 15 is 0 Å². The van der Waals surface area contributed by atoms with Gasteiger partial charge in [-0.05, 0) is 69.4 Å². The molecule has 2 aliphatic rings. The topological polar surface area (TPSA) is 368 Å². The van der Waals surface area contributed by atoms with Crippen LogP contribution in [-0.2, 0) is 74.1 Å². The zero-order valence-electron chi connectivity index (χ0n) is 53.5. The van der Waals surface area contributed by atoms with Gasteiger partial charge in [0.15, 0.2) is 23.1 Å². The van der Waals surface area contributed by atoms with E-state index in [4.69, 9.17) is 31.9 Å². The van der Waals surface area contributed by atoms with E-state index in [0.29, 0.717) is 18.8 Å². The van der Waals surface area contributed by atoms with Crippen LogP contribution in [0.5, 0.6) is 0 Å². The molecule has 0 bridgehead atoms. The summed E-state index contributed by atoms with van der Waals surface area (Å²) in [5.74, 6) is -3.84. The molecule has 478 valence electrons. The van der Waals surface area contributed by atoms with Gasteiger partial charge in [-0.2, -0.15) is 5.26 Å². The molecule has 0 aromatic carbocycles. The minimum absolute atomic E-state index is 0. The Morgan fingerprint density at radius 1 is 0.726 bits per heavy atom. The summed E-state index contributed by atoms with van der Waals surface area (Å²) in [6.07, 6.45) is 9.26. The molecular weight excluding hydrogens is 1150 g/mol. The molecule has 1 unspecified atom stereocenters. The van der Waals surface area contributed by atoms with Gasteiger partial charge >= 0.3 is 29.6 Å². The Hall–Kier alpha value is -4.67. The van der Waals surface area contributed by atoms with Gasteiger partial charge in [-0.3, -0.25) is 57.7 Å². The number of hydrogen-bond acceptors (Lipinski definition) is 19. The minimum Gasteiger partial charge on any atom is -0.746 e. The maximum atomic E-state index is 11.5. The number of halogens is 2. The van der Waals surface area contributed by atoms with E-state index in [-0.39, 0.29) is 142 Å². The number of aldehydes is 1. The predicted octanol–water partition coefficient (Wildman–Crippen LogP) is 4.39. The number of carbonyl (C=O) groups excluding carboxylic acids is 12. The fourth-order valence-corrected chi connectivity index (χ4v) is 5.82. The van der Waals surface area contributed by atoms with Crippen LogP contribution < -0.4 is 35.3 Å². The van der Waals surface area contributed by atoms with E-state index in [1.54, 1.807) is 100 Å². The number of nitrogens with two attached hydrogens (primary N) is 1. The number of rotatable bonds is 21. The smallest absolute Gasteiger partial charge is 0.746 e. The van der Waals surface area contributed by atoms with Crippen LogP contribution >= 0.6 is 11.6 Å². The number of aliphatic hydroxyl groups excluding tert-OH is 2. The normalized spacial score (nSPS) is 12.1. The van der Waals surface area contributed by atoms with Gasteiger partial charge in [0.25, 0.3) is 11.8 Å². The second-order valence-electron chi connectivity index (χ2n) is 21.0. The monoisotopic (exact) mass is 1240 g/mol. The van der Waals surface area contributed by atoms with Crippen molar-refractivity contribution in [2.24, 2.45) is 59.0 Å². The number of aryl methyl sites for hydroxylation is 1. The maximum absolute atomic E-state index is 11.5. The number of hydrogen-bond donors (Lipinski definition) is 3. The van der Waals surface area contributed by atoms with E-state index in [2.05, 4.69) is 10.7 Å². The minimum atomic E-state index is -4.50. The van der Waals surface area contributed by atoms with Crippen molar-refractivity contribution in [2.75, 3.05) is 32.3 Å². The first-order valence-corrected chi connectivity index (χ1v) is 29.5. The molecule has 21 nitrogen and oxygen atoms in total. The molecule has 1 saturated heterocycles. The molecule has 4 N–H and O–H groups in total. The number of ketones is 9. The van der Waals surface area contributed by atoms with E-state index in [0.717, 1.165) is 50.8 Å². The number of aromatic nitrogens is 1. The average molecular weight is 1250 g/mol. The molecule has 84 heavy (non-hydrogen) atoms. The van der Waals surface area contributed by atoms with Gasteiger partial charge in [0, 0.05) is 86.2 Å². The van der Waals surface area contributed by atoms with Crippen LogP contribution in [0.2, 0.25) is 0 Å². The van der Waals surface area contributed by atoms with E-state index in [9.17, 15) is 70.1 Å². The quantitative estimate of drug-likeness (QED) is 0.0505. The van der Waals surface area contributed by atoms with Gasteiger partial charge in [0.2, 0.25) is 23.1 Å². The standard InChI is InChI=1S/C12H15NO2.C10H17NO2.C9H14O2.C5H9ClO.C5H9FO.C5H9NO2.C5H10O2.C4H10O4S.C2H3N.C2H4O.Na/c1-9(2)12(15)11(14)7-6-10-5-3-4-8-13-10;1-8(2)9(12)10(13)11-6-4-3-5-7-11;1-6(2)9(11)8(10)5-7-3-4-7;2*1-4(2)5(7)3-6;1-3(2)4(7)5(6)8;1-4(2)5(7)3-6;1-3(2)4(5)9(6,7)8;2*1-2-3;/h3-5,8-9H,6-7H2,1-2H3;8H,3-7H2,1-2H3;6-7H,3-5H2,1-2H3;2*4H,3H2,1-2H3;3H,1-2H3,(H2,6,8);4,6H,3H2,1-2H3;3-5H,1-2H3,(H,6,7,8);1H3;2H,1H3;/q;;;;;;;;;;+1/p-1. The molecule has 1 saturated carbocycles. The number of amides is 2. The van der Waals surface area contributed by atoms with Crippen LogP contribution in [0.3, 0.4) is 0 Å². The second kappa shape index (κ2) is 57.4. The van der Waals surface area contributed by atoms with Gasteiger partial charge in [-0.25, -0.2) is 12.8 Å². The molecular formula is C59H99ClFN4NaO17S. The fraction of sp³-hybridized carbons (Fsp3) is 0.695. The van der Waals surface area contributed by atoms with Gasteiger partial charge in [-0.15, -0.1) is 11.6 Å². The molecule has 2 heterocycles. The Bertz CT molecular complexity index is 2180. The first kappa shape index (κ1) is 95.7. The van der Waals surface area contributed by atoms with Crippen LogP contribution in [-0.4, -0.2) is 141 Å². The molecule has 1 aliphatic carbocycles. The summed E-state index contributed by atoms with van der Waals surface area (Å²) in [5.41, 5.74) is 3.73. The number of nitriles is 1. The molecule has 25 heteroatoms. The van der Waals surface area contributed by atoms with E-state index < -0.39 is 39.8 Å². The van der Waals surface area contributed by atoms with Crippen LogP contribution in [0.15, 0.2) is 24.4 Å². The average Bonchev–Trinajstić information content (AvgIpc) is 4.25. The summed E-state index contributed by atoms with van der Waals surface area (Å²) in [6, 6.07) is 7.30. The number of nitrogens with zero attached hydrogens (tertiary/aromatic N) is 3. The number of pyridine rings is 1. The van der Waals surface area contributed by atoms with Crippen molar-refractivity contribution in [3.05, 3.63) is 30.1 Å². The third kappa shape index (κ3) is 59.1. The Kier molecular flexibility index (Phi) is 65.4. The molecule has 1 aromatic heterocycles. The number of aliphatic hydroxyl groups is 2. The number of likely N-dealkylation sites (tertiary alicyclic amines) is 1. The zero-order chi connectivity index (χ0) is 66.9. The summed E-state index contributed by atoms with van der Waals surface area (Å²) < 4.78 is 41.2. The molecule has 1 aromatic rings. The van der Waals surface area contributed by atoms with Gasteiger partial charge in [-0.1, -0.05) is 117 Å². The Balaban J connectivity index is -0.000000131. The number of piperidine rings is 1. The third-order valence-corrected chi connectivity index (χ3v) is 11.9. The SMILES string of the molecule is CC#N.CC(C)C(=O)C(=O)CC1CC1.CC(C)C(=O)C(=O)CCc1ccccn1.CC(C)C(=O)C(=O)N1CCCCC1.CC(C)C(=O)C(N)=O.CC(C)C(=O)CCl.CC(C)C(=O)CF.CC(C)C(=O)CO.CC(C)C(O)S(=O)(=O)[O-].CC=O.[Na+]. The second-order valence-corrected chi connectivity index (χ2v) is 22.7. The Morgan fingerprint density at radius 3 is 1.33 bits per heavy atom. The number of primary amides is 1. The number of carbonyl (C=O) groups is 12.